The van der Waals surface area contributed by atoms with Crippen LogP contribution in [0.15, 0.2) is 43.0 Å². The van der Waals surface area contributed by atoms with Crippen LogP contribution in [-0.2, 0) is 0 Å². The number of aromatic nitrogens is 4. The zero-order valence-corrected chi connectivity index (χ0v) is 14.9. The summed E-state index contributed by atoms with van der Waals surface area (Å²) in [5, 5.41) is 1.18. The Balaban J connectivity index is 1.56. The molecule has 126 valence electrons. The normalized spacial score (nSPS) is 18.8. The molecule has 1 fully saturated rings. The van der Waals surface area contributed by atoms with Crippen molar-refractivity contribution in [3.63, 3.8) is 0 Å². The minimum atomic E-state index is 0.320. The molecular weight excluding hydrogens is 359 g/mol. The van der Waals surface area contributed by atoms with Gasteiger partial charge in [-0.3, -0.25) is 0 Å². The molecule has 0 saturated heterocycles. The number of benzene rings is 1. The van der Waals surface area contributed by atoms with Crippen molar-refractivity contribution in [3.05, 3.63) is 64.2 Å². The van der Waals surface area contributed by atoms with E-state index in [2.05, 4.69) is 19.9 Å². The fourth-order valence-electron chi connectivity index (χ4n) is 2.95. The summed E-state index contributed by atoms with van der Waals surface area (Å²) in [7, 11) is 1.60. The molecule has 0 unspecified atom stereocenters. The maximum atomic E-state index is 6.36. The van der Waals surface area contributed by atoms with E-state index in [0.29, 0.717) is 39.3 Å². The lowest BCUT2D eigenvalue weighted by molar-refractivity contribution is 0.414. The van der Waals surface area contributed by atoms with Crippen molar-refractivity contribution in [2.75, 3.05) is 7.11 Å². The van der Waals surface area contributed by atoms with E-state index in [1.54, 1.807) is 31.6 Å². The molecule has 1 aromatic carbocycles. The van der Waals surface area contributed by atoms with Gasteiger partial charge in [-0.2, -0.15) is 0 Å². The number of halogens is 2. The van der Waals surface area contributed by atoms with Crippen LogP contribution in [0, 0.1) is 0 Å². The average molecular weight is 373 g/mol. The number of ether oxygens (including phenoxy) is 1. The zero-order chi connectivity index (χ0) is 17.4. The summed E-state index contributed by atoms with van der Waals surface area (Å²) >= 11 is 12.5. The predicted octanol–water partition coefficient (Wildman–Crippen LogP) is 4.52. The highest BCUT2D eigenvalue weighted by Crippen LogP contribution is 2.56. The first-order valence-corrected chi connectivity index (χ1v) is 8.55. The predicted molar refractivity (Wildman–Crippen MR) is 96.2 cm³/mol. The lowest BCUT2D eigenvalue weighted by atomic mass is 10.1. The van der Waals surface area contributed by atoms with Gasteiger partial charge in [-0.15, -0.1) is 0 Å². The number of hydrogen-bond donors (Lipinski definition) is 0. The molecule has 0 aliphatic heterocycles. The third kappa shape index (κ3) is 3.17. The van der Waals surface area contributed by atoms with Gasteiger partial charge in [0.2, 0.25) is 0 Å². The highest BCUT2D eigenvalue weighted by molar-refractivity contribution is 6.36. The molecular formula is C18H14Cl2N4O. The lowest BCUT2D eigenvalue weighted by Crippen LogP contribution is -1.96. The second-order valence-corrected chi connectivity index (χ2v) is 6.68. The van der Waals surface area contributed by atoms with Gasteiger partial charge in [0.15, 0.2) is 11.6 Å². The Kier molecular flexibility index (Phi) is 4.27. The smallest absolute Gasteiger partial charge is 0.197 e. The van der Waals surface area contributed by atoms with Gasteiger partial charge in [0.05, 0.1) is 12.1 Å². The van der Waals surface area contributed by atoms with Gasteiger partial charge >= 0.3 is 0 Å². The van der Waals surface area contributed by atoms with Crippen LogP contribution in [0.25, 0.3) is 11.6 Å². The molecule has 4 rings (SSSR count). The van der Waals surface area contributed by atoms with E-state index in [1.807, 2.05) is 18.5 Å². The Hall–Kier alpha value is -2.24. The zero-order valence-electron chi connectivity index (χ0n) is 13.4. The van der Waals surface area contributed by atoms with Gasteiger partial charge in [-0.05, 0) is 47.6 Å². The number of methoxy groups -OCH3 is 1. The molecule has 2 heterocycles. The van der Waals surface area contributed by atoms with E-state index < -0.39 is 0 Å². The second kappa shape index (κ2) is 6.58. The van der Waals surface area contributed by atoms with Gasteiger partial charge in [0.1, 0.15) is 5.75 Å². The van der Waals surface area contributed by atoms with Crippen molar-refractivity contribution in [1.82, 2.24) is 19.9 Å². The minimum Gasteiger partial charge on any atom is -0.495 e. The standard InChI is InChI=1S/C18H14Cl2N4O/c1-25-16-6-13(14(19)7-15(16)20)12-5-11(12)10-8-23-18(24-9-10)17-21-3-2-4-22-17/h2-4,6-9,11-12H,5H2,1H3/t11-,12-/m0/s1. The van der Waals surface area contributed by atoms with Crippen molar-refractivity contribution in [2.24, 2.45) is 0 Å². The Morgan fingerprint density at radius 2 is 1.60 bits per heavy atom. The quantitative estimate of drug-likeness (QED) is 0.673. The maximum absolute atomic E-state index is 6.36. The van der Waals surface area contributed by atoms with Crippen LogP contribution in [0.4, 0.5) is 0 Å². The molecule has 0 N–H and O–H groups in total. The van der Waals surface area contributed by atoms with Crippen molar-refractivity contribution >= 4 is 23.2 Å². The van der Waals surface area contributed by atoms with Crippen LogP contribution in [0.1, 0.15) is 29.4 Å². The number of hydrogen-bond acceptors (Lipinski definition) is 5. The van der Waals surface area contributed by atoms with Gasteiger partial charge in [-0.1, -0.05) is 23.2 Å². The summed E-state index contributed by atoms with van der Waals surface area (Å²) in [6, 6.07) is 5.41. The first-order valence-electron chi connectivity index (χ1n) is 7.79. The van der Waals surface area contributed by atoms with E-state index in [-0.39, 0.29) is 0 Å². The molecule has 1 aliphatic rings. The molecule has 7 heteroatoms. The van der Waals surface area contributed by atoms with E-state index in [1.165, 1.54) is 0 Å². The Morgan fingerprint density at radius 1 is 0.920 bits per heavy atom. The van der Waals surface area contributed by atoms with Crippen LogP contribution in [-0.4, -0.2) is 27.0 Å². The SMILES string of the molecule is COc1cc([C@H]2C[C@H]2c2cnc(-c3ncccn3)nc2)c(Cl)cc1Cl. The van der Waals surface area contributed by atoms with Crippen LogP contribution in [0.5, 0.6) is 5.75 Å². The molecule has 0 bridgehead atoms. The Morgan fingerprint density at radius 3 is 2.28 bits per heavy atom. The van der Waals surface area contributed by atoms with Gasteiger partial charge in [0.25, 0.3) is 0 Å². The number of nitrogens with zero attached hydrogens (tertiary/aromatic N) is 4. The van der Waals surface area contributed by atoms with E-state index in [4.69, 9.17) is 27.9 Å². The molecule has 0 spiro atoms. The average Bonchev–Trinajstić information content (AvgIpc) is 3.43. The summed E-state index contributed by atoms with van der Waals surface area (Å²) in [6.07, 6.45) is 8.02. The third-order valence-electron chi connectivity index (χ3n) is 4.33. The summed E-state index contributed by atoms with van der Waals surface area (Å²) in [6.45, 7) is 0. The van der Waals surface area contributed by atoms with Crippen molar-refractivity contribution < 1.29 is 4.74 Å². The molecule has 3 aromatic rings. The van der Waals surface area contributed by atoms with Crippen molar-refractivity contribution in [3.8, 4) is 17.4 Å². The molecule has 0 radical (unpaired) electrons. The first-order chi connectivity index (χ1) is 12.2. The fraction of sp³-hybridized carbons (Fsp3) is 0.222. The van der Waals surface area contributed by atoms with Crippen LogP contribution in [0.2, 0.25) is 10.0 Å². The van der Waals surface area contributed by atoms with Gasteiger partial charge < -0.3 is 4.74 Å². The van der Waals surface area contributed by atoms with Crippen molar-refractivity contribution in [1.29, 1.82) is 0 Å². The summed E-state index contributed by atoms with van der Waals surface area (Å²) < 4.78 is 5.30. The highest BCUT2D eigenvalue weighted by Gasteiger charge is 2.41. The largest absolute Gasteiger partial charge is 0.495 e. The Labute approximate surface area is 155 Å². The fourth-order valence-corrected chi connectivity index (χ4v) is 3.55. The van der Waals surface area contributed by atoms with Gasteiger partial charge in [-0.25, -0.2) is 19.9 Å². The highest BCUT2D eigenvalue weighted by atomic mass is 35.5. The Bertz CT molecular complexity index is 903. The molecule has 25 heavy (non-hydrogen) atoms. The summed E-state index contributed by atoms with van der Waals surface area (Å²) in [5.74, 6) is 2.34. The van der Waals surface area contributed by atoms with E-state index in [0.717, 1.165) is 17.5 Å². The third-order valence-corrected chi connectivity index (χ3v) is 4.95. The number of rotatable bonds is 4. The molecule has 2 aromatic heterocycles. The molecule has 1 saturated carbocycles. The molecule has 1 aliphatic carbocycles. The maximum Gasteiger partial charge on any atom is 0.197 e. The second-order valence-electron chi connectivity index (χ2n) is 5.87. The van der Waals surface area contributed by atoms with E-state index in [9.17, 15) is 0 Å². The minimum absolute atomic E-state index is 0.320. The molecule has 2 atom stereocenters. The van der Waals surface area contributed by atoms with Crippen LogP contribution in [0.3, 0.4) is 0 Å². The lowest BCUT2D eigenvalue weighted by Gasteiger charge is -2.09. The molecule has 5 nitrogen and oxygen atoms in total. The molecule has 0 amide bonds. The monoisotopic (exact) mass is 372 g/mol. The van der Waals surface area contributed by atoms with Crippen molar-refractivity contribution in [2.45, 2.75) is 18.3 Å². The van der Waals surface area contributed by atoms with Gasteiger partial charge in [0, 0.05) is 29.8 Å². The first kappa shape index (κ1) is 16.2. The van der Waals surface area contributed by atoms with E-state index >= 15 is 0 Å². The topological polar surface area (TPSA) is 60.8 Å². The van der Waals surface area contributed by atoms with Crippen LogP contribution < -0.4 is 4.74 Å². The van der Waals surface area contributed by atoms with Crippen LogP contribution >= 0.6 is 23.2 Å². The summed E-state index contributed by atoms with van der Waals surface area (Å²) in [4.78, 5) is 17.1. The summed E-state index contributed by atoms with van der Waals surface area (Å²) in [5.41, 5.74) is 2.12.